The van der Waals surface area contributed by atoms with E-state index in [9.17, 15) is 0 Å². The fourth-order valence-corrected chi connectivity index (χ4v) is 2.13. The number of nitrogen functional groups attached to an aromatic ring is 1. The number of hydrogen-bond acceptors (Lipinski definition) is 4. The number of halogens is 1. The van der Waals surface area contributed by atoms with Crippen molar-refractivity contribution in [1.29, 1.82) is 0 Å². The van der Waals surface area contributed by atoms with Gasteiger partial charge in [-0.1, -0.05) is 28.9 Å². The van der Waals surface area contributed by atoms with E-state index in [1.807, 2.05) is 36.5 Å². The van der Waals surface area contributed by atoms with Crippen LogP contribution in [-0.4, -0.2) is 22.1 Å². The molecule has 0 fully saturated rings. The predicted molar refractivity (Wildman–Crippen MR) is 82.8 cm³/mol. The molecule has 0 saturated carbocycles. The standard InChI is InChI=1S/C15H13ClN4O/c1-21-15-7-6-12(8-13(15)17)20-9-14(18-19-20)10-2-4-11(16)5-3-10/h2-9H,17H2,1H3. The van der Waals surface area contributed by atoms with Crippen LogP contribution in [0.1, 0.15) is 0 Å². The number of hydrogen-bond donors (Lipinski definition) is 1. The molecular formula is C15H13ClN4O. The number of nitrogens with zero attached hydrogens (tertiary/aromatic N) is 3. The van der Waals surface area contributed by atoms with Crippen LogP contribution >= 0.6 is 11.6 Å². The molecule has 0 atom stereocenters. The topological polar surface area (TPSA) is 66.0 Å². The van der Waals surface area contributed by atoms with Crippen molar-refractivity contribution in [3.05, 3.63) is 53.7 Å². The van der Waals surface area contributed by atoms with E-state index < -0.39 is 0 Å². The van der Waals surface area contributed by atoms with Crippen LogP contribution < -0.4 is 10.5 Å². The normalized spacial score (nSPS) is 10.6. The second-order valence-electron chi connectivity index (χ2n) is 4.48. The number of methoxy groups -OCH3 is 1. The molecule has 0 aliphatic heterocycles. The Balaban J connectivity index is 1.94. The molecule has 106 valence electrons. The highest BCUT2D eigenvalue weighted by Crippen LogP contribution is 2.25. The van der Waals surface area contributed by atoms with E-state index in [0.29, 0.717) is 16.5 Å². The predicted octanol–water partition coefficient (Wildman–Crippen LogP) is 3.18. The van der Waals surface area contributed by atoms with Gasteiger partial charge >= 0.3 is 0 Å². The molecule has 3 rings (SSSR count). The van der Waals surface area contributed by atoms with Gasteiger partial charge in [0.15, 0.2) is 0 Å². The van der Waals surface area contributed by atoms with Crippen molar-refractivity contribution in [1.82, 2.24) is 15.0 Å². The summed E-state index contributed by atoms with van der Waals surface area (Å²) in [5, 5.41) is 8.97. The molecule has 1 heterocycles. The first kappa shape index (κ1) is 13.5. The van der Waals surface area contributed by atoms with Crippen LogP contribution in [0.2, 0.25) is 5.02 Å². The van der Waals surface area contributed by atoms with Crippen LogP contribution in [0.25, 0.3) is 16.9 Å². The second-order valence-corrected chi connectivity index (χ2v) is 4.92. The van der Waals surface area contributed by atoms with Gasteiger partial charge in [0.25, 0.3) is 0 Å². The molecular weight excluding hydrogens is 288 g/mol. The smallest absolute Gasteiger partial charge is 0.141 e. The van der Waals surface area contributed by atoms with Crippen LogP contribution in [0.5, 0.6) is 5.75 Å². The minimum absolute atomic E-state index is 0.554. The lowest BCUT2D eigenvalue weighted by atomic mass is 10.2. The van der Waals surface area contributed by atoms with Crippen molar-refractivity contribution in [3.63, 3.8) is 0 Å². The average molecular weight is 301 g/mol. The fraction of sp³-hybridized carbons (Fsp3) is 0.0667. The molecule has 0 aliphatic carbocycles. The molecule has 21 heavy (non-hydrogen) atoms. The Morgan fingerprint density at radius 2 is 1.90 bits per heavy atom. The van der Waals surface area contributed by atoms with Gasteiger partial charge in [-0.25, -0.2) is 4.68 Å². The Morgan fingerprint density at radius 1 is 1.14 bits per heavy atom. The molecule has 5 nitrogen and oxygen atoms in total. The van der Waals surface area contributed by atoms with Crippen molar-refractivity contribution in [3.8, 4) is 22.7 Å². The lowest BCUT2D eigenvalue weighted by Gasteiger charge is -2.06. The highest BCUT2D eigenvalue weighted by molar-refractivity contribution is 6.30. The highest BCUT2D eigenvalue weighted by atomic mass is 35.5. The molecule has 0 radical (unpaired) electrons. The Bertz CT molecular complexity index is 768. The monoisotopic (exact) mass is 300 g/mol. The summed E-state index contributed by atoms with van der Waals surface area (Å²) >= 11 is 5.88. The van der Waals surface area contributed by atoms with Crippen molar-refractivity contribution in [2.24, 2.45) is 0 Å². The first-order valence-corrected chi connectivity index (χ1v) is 6.67. The third-order valence-corrected chi connectivity index (χ3v) is 3.36. The van der Waals surface area contributed by atoms with Gasteiger partial charge in [-0.15, -0.1) is 5.10 Å². The minimum atomic E-state index is 0.554. The van der Waals surface area contributed by atoms with Gasteiger partial charge < -0.3 is 10.5 Å². The Hall–Kier alpha value is -2.53. The second kappa shape index (κ2) is 5.46. The van der Waals surface area contributed by atoms with Crippen molar-refractivity contribution >= 4 is 17.3 Å². The Kier molecular flexibility index (Phi) is 3.50. The van der Waals surface area contributed by atoms with E-state index >= 15 is 0 Å². The summed E-state index contributed by atoms with van der Waals surface area (Å²) in [6.07, 6.45) is 1.84. The maximum Gasteiger partial charge on any atom is 0.141 e. The summed E-state index contributed by atoms with van der Waals surface area (Å²) in [5.41, 5.74) is 8.99. The summed E-state index contributed by atoms with van der Waals surface area (Å²) < 4.78 is 6.81. The van der Waals surface area contributed by atoms with Crippen LogP contribution in [-0.2, 0) is 0 Å². The first-order chi connectivity index (χ1) is 10.2. The highest BCUT2D eigenvalue weighted by Gasteiger charge is 2.07. The summed E-state index contributed by atoms with van der Waals surface area (Å²) in [6.45, 7) is 0. The number of nitrogens with two attached hydrogens (primary N) is 1. The van der Waals surface area contributed by atoms with E-state index in [4.69, 9.17) is 22.1 Å². The van der Waals surface area contributed by atoms with Gasteiger partial charge in [-0.05, 0) is 30.3 Å². The zero-order valence-electron chi connectivity index (χ0n) is 11.3. The molecule has 0 bridgehead atoms. The van der Waals surface area contributed by atoms with E-state index in [0.717, 1.165) is 16.9 Å². The summed E-state index contributed by atoms with van der Waals surface area (Å²) in [5.74, 6) is 0.636. The molecule has 2 N–H and O–H groups in total. The van der Waals surface area contributed by atoms with E-state index in [1.165, 1.54) is 0 Å². The summed E-state index contributed by atoms with van der Waals surface area (Å²) in [7, 11) is 1.58. The zero-order valence-corrected chi connectivity index (χ0v) is 12.1. The van der Waals surface area contributed by atoms with Gasteiger partial charge in [0.1, 0.15) is 11.4 Å². The molecule has 3 aromatic rings. The molecule has 0 aliphatic rings. The van der Waals surface area contributed by atoms with Crippen LogP contribution in [0, 0.1) is 0 Å². The average Bonchev–Trinajstić information content (AvgIpc) is 2.98. The van der Waals surface area contributed by atoms with Crippen molar-refractivity contribution in [2.45, 2.75) is 0 Å². The Labute approximate surface area is 126 Å². The van der Waals surface area contributed by atoms with E-state index in [1.54, 1.807) is 23.9 Å². The Morgan fingerprint density at radius 3 is 2.57 bits per heavy atom. The molecule has 2 aromatic carbocycles. The molecule has 0 spiro atoms. The fourth-order valence-electron chi connectivity index (χ4n) is 2.01. The number of anilines is 1. The molecule has 6 heteroatoms. The van der Waals surface area contributed by atoms with Gasteiger partial charge in [-0.3, -0.25) is 0 Å². The third-order valence-electron chi connectivity index (χ3n) is 3.11. The number of rotatable bonds is 3. The van der Waals surface area contributed by atoms with E-state index in [2.05, 4.69) is 10.3 Å². The third kappa shape index (κ3) is 2.68. The van der Waals surface area contributed by atoms with Crippen molar-refractivity contribution in [2.75, 3.05) is 12.8 Å². The zero-order chi connectivity index (χ0) is 14.8. The largest absolute Gasteiger partial charge is 0.495 e. The summed E-state index contributed by atoms with van der Waals surface area (Å²) in [4.78, 5) is 0. The molecule has 0 saturated heterocycles. The number of benzene rings is 2. The molecule has 0 unspecified atom stereocenters. The quantitative estimate of drug-likeness (QED) is 0.754. The van der Waals surface area contributed by atoms with Crippen LogP contribution in [0.3, 0.4) is 0 Å². The first-order valence-electron chi connectivity index (χ1n) is 6.29. The van der Waals surface area contributed by atoms with Gasteiger partial charge in [0.05, 0.1) is 24.7 Å². The molecule has 0 amide bonds. The SMILES string of the molecule is COc1ccc(-n2cc(-c3ccc(Cl)cc3)nn2)cc1N. The number of aromatic nitrogens is 3. The van der Waals surface area contributed by atoms with Crippen LogP contribution in [0.4, 0.5) is 5.69 Å². The van der Waals surface area contributed by atoms with Crippen molar-refractivity contribution < 1.29 is 4.74 Å². The maximum absolute atomic E-state index is 5.90. The number of ether oxygens (including phenoxy) is 1. The maximum atomic E-state index is 5.90. The lowest BCUT2D eigenvalue weighted by molar-refractivity contribution is 0.417. The van der Waals surface area contributed by atoms with Gasteiger partial charge in [-0.2, -0.15) is 0 Å². The summed E-state index contributed by atoms with van der Waals surface area (Å²) in [6, 6.07) is 12.9. The molecule has 1 aromatic heterocycles. The van der Waals surface area contributed by atoms with Gasteiger partial charge in [0, 0.05) is 10.6 Å². The lowest BCUT2D eigenvalue weighted by Crippen LogP contribution is -1.98. The van der Waals surface area contributed by atoms with Crippen LogP contribution in [0.15, 0.2) is 48.7 Å². The van der Waals surface area contributed by atoms with E-state index in [-0.39, 0.29) is 0 Å². The minimum Gasteiger partial charge on any atom is -0.495 e. The van der Waals surface area contributed by atoms with Gasteiger partial charge in [0.2, 0.25) is 0 Å².